The fourth-order valence-electron chi connectivity index (χ4n) is 2.41. The average Bonchev–Trinajstić information content (AvgIpc) is 3.15. The van der Waals surface area contributed by atoms with E-state index in [1.54, 1.807) is 25.4 Å². The highest BCUT2D eigenvalue weighted by Gasteiger charge is 2.29. The summed E-state index contributed by atoms with van der Waals surface area (Å²) in [5.74, 6) is 2.09. The van der Waals surface area contributed by atoms with E-state index in [-0.39, 0.29) is 40.9 Å². The molecule has 11 heteroatoms. The second-order valence-corrected chi connectivity index (χ2v) is 7.54. The standard InChI is InChI=1S/C20H27F3N4O3.HI/c1-19(2,3)16-10-25-17(30-16)11-27-18(24-4)26-9-13-6-7-14(15(8-13)28-5)29-12-20(21,22)23;/h6-8,10H,9,11-12H2,1-5H3,(H2,24,26,27);1H. The molecule has 0 saturated heterocycles. The summed E-state index contributed by atoms with van der Waals surface area (Å²) in [5.41, 5.74) is 0.653. The molecule has 2 N–H and O–H groups in total. The molecule has 0 unspecified atom stereocenters. The van der Waals surface area contributed by atoms with Crippen LogP contribution in [-0.2, 0) is 18.5 Å². The average molecular weight is 556 g/mol. The van der Waals surface area contributed by atoms with Gasteiger partial charge in [0.25, 0.3) is 0 Å². The first-order valence-corrected chi connectivity index (χ1v) is 9.28. The highest BCUT2D eigenvalue weighted by Crippen LogP contribution is 2.29. The quantitative estimate of drug-likeness (QED) is 0.299. The number of methoxy groups -OCH3 is 1. The number of aliphatic imine (C=N–C) groups is 1. The second kappa shape index (κ2) is 11.4. The summed E-state index contributed by atoms with van der Waals surface area (Å²) in [6.45, 7) is 5.46. The number of aromatic nitrogens is 1. The summed E-state index contributed by atoms with van der Waals surface area (Å²) in [5, 5.41) is 6.21. The Morgan fingerprint density at radius 3 is 2.35 bits per heavy atom. The first-order valence-electron chi connectivity index (χ1n) is 9.28. The molecule has 0 saturated carbocycles. The Balaban J connectivity index is 0.00000480. The molecule has 0 bridgehead atoms. The number of hydrogen-bond acceptors (Lipinski definition) is 5. The summed E-state index contributed by atoms with van der Waals surface area (Å²) in [6.07, 6.45) is -2.71. The molecule has 0 atom stereocenters. The van der Waals surface area contributed by atoms with E-state index in [0.717, 1.165) is 11.3 Å². The van der Waals surface area contributed by atoms with Gasteiger partial charge in [-0.1, -0.05) is 26.8 Å². The van der Waals surface area contributed by atoms with Crippen LogP contribution >= 0.6 is 24.0 Å². The van der Waals surface area contributed by atoms with E-state index in [1.165, 1.54) is 13.2 Å². The largest absolute Gasteiger partial charge is 0.493 e. The minimum Gasteiger partial charge on any atom is -0.493 e. The number of rotatable bonds is 7. The molecule has 2 rings (SSSR count). The van der Waals surface area contributed by atoms with Crippen LogP contribution in [0.25, 0.3) is 0 Å². The summed E-state index contributed by atoms with van der Waals surface area (Å²) in [4.78, 5) is 8.39. The Morgan fingerprint density at radius 1 is 1.13 bits per heavy atom. The first-order chi connectivity index (χ1) is 14.0. The van der Waals surface area contributed by atoms with Crippen molar-refractivity contribution in [2.24, 2.45) is 4.99 Å². The van der Waals surface area contributed by atoms with E-state index in [9.17, 15) is 13.2 Å². The van der Waals surface area contributed by atoms with Crippen molar-refractivity contribution in [1.82, 2.24) is 15.6 Å². The van der Waals surface area contributed by atoms with Gasteiger partial charge < -0.3 is 24.5 Å². The van der Waals surface area contributed by atoms with Crippen LogP contribution in [0.2, 0.25) is 0 Å². The molecule has 0 fully saturated rings. The fraction of sp³-hybridized carbons (Fsp3) is 0.500. The Labute approximate surface area is 196 Å². The molecule has 1 aromatic heterocycles. The smallest absolute Gasteiger partial charge is 0.422 e. The van der Waals surface area contributed by atoms with Crippen LogP contribution < -0.4 is 20.1 Å². The Hall–Kier alpha value is -2.18. The molecule has 31 heavy (non-hydrogen) atoms. The van der Waals surface area contributed by atoms with Crippen LogP contribution in [-0.4, -0.2) is 37.9 Å². The third-order valence-electron chi connectivity index (χ3n) is 4.00. The second-order valence-electron chi connectivity index (χ2n) is 7.54. The van der Waals surface area contributed by atoms with E-state index < -0.39 is 12.8 Å². The molecule has 7 nitrogen and oxygen atoms in total. The molecule has 0 amide bonds. The molecule has 0 spiro atoms. The van der Waals surface area contributed by atoms with Gasteiger partial charge in [-0.3, -0.25) is 4.99 Å². The van der Waals surface area contributed by atoms with Gasteiger partial charge in [0.1, 0.15) is 5.76 Å². The predicted octanol–water partition coefficient (Wildman–Crippen LogP) is 4.41. The summed E-state index contributed by atoms with van der Waals surface area (Å²) < 4.78 is 52.7. The molecular weight excluding hydrogens is 528 g/mol. The van der Waals surface area contributed by atoms with Crippen LogP contribution in [0.15, 0.2) is 33.8 Å². The molecule has 1 aromatic carbocycles. The van der Waals surface area contributed by atoms with Crippen molar-refractivity contribution < 1.29 is 27.1 Å². The molecule has 174 valence electrons. The number of alkyl halides is 3. The van der Waals surface area contributed by atoms with Crippen LogP contribution in [0.3, 0.4) is 0 Å². The molecule has 0 aliphatic heterocycles. The number of oxazole rings is 1. The zero-order chi connectivity index (χ0) is 22.4. The molecule has 2 aromatic rings. The zero-order valence-corrected chi connectivity index (χ0v) is 20.4. The third-order valence-corrected chi connectivity index (χ3v) is 4.00. The van der Waals surface area contributed by atoms with Crippen LogP contribution in [0.1, 0.15) is 38.0 Å². The van der Waals surface area contributed by atoms with Crippen molar-refractivity contribution in [2.45, 2.75) is 45.5 Å². The summed E-state index contributed by atoms with van der Waals surface area (Å²) in [7, 11) is 3.00. The van der Waals surface area contributed by atoms with E-state index in [0.29, 0.717) is 24.9 Å². The Morgan fingerprint density at radius 2 is 1.81 bits per heavy atom. The maximum atomic E-state index is 12.4. The minimum absolute atomic E-state index is 0. The number of guanidine groups is 1. The lowest BCUT2D eigenvalue weighted by molar-refractivity contribution is -0.153. The number of hydrogen-bond donors (Lipinski definition) is 2. The van der Waals surface area contributed by atoms with Crippen LogP contribution in [0.4, 0.5) is 13.2 Å². The highest BCUT2D eigenvalue weighted by atomic mass is 127. The topological polar surface area (TPSA) is 80.9 Å². The molecule has 0 aliphatic rings. The molecular formula is C20H28F3IN4O3. The van der Waals surface area contributed by atoms with E-state index in [1.807, 2.05) is 20.8 Å². The minimum atomic E-state index is -4.42. The first kappa shape index (κ1) is 26.9. The lowest BCUT2D eigenvalue weighted by atomic mass is 9.94. The van der Waals surface area contributed by atoms with E-state index >= 15 is 0 Å². The van der Waals surface area contributed by atoms with Crippen LogP contribution in [0.5, 0.6) is 11.5 Å². The van der Waals surface area contributed by atoms with E-state index in [4.69, 9.17) is 13.9 Å². The van der Waals surface area contributed by atoms with Crippen LogP contribution in [0, 0.1) is 0 Å². The lowest BCUT2D eigenvalue weighted by Crippen LogP contribution is -2.36. The monoisotopic (exact) mass is 556 g/mol. The number of benzene rings is 1. The zero-order valence-electron chi connectivity index (χ0n) is 18.1. The molecule has 1 heterocycles. The fourth-order valence-corrected chi connectivity index (χ4v) is 2.41. The number of nitrogens with zero attached hydrogens (tertiary/aromatic N) is 2. The van der Waals surface area contributed by atoms with Crippen molar-refractivity contribution in [2.75, 3.05) is 20.8 Å². The normalized spacial score (nSPS) is 12.2. The lowest BCUT2D eigenvalue weighted by Gasteiger charge is -2.15. The van der Waals surface area contributed by atoms with Gasteiger partial charge in [-0.15, -0.1) is 24.0 Å². The van der Waals surface area contributed by atoms with Gasteiger partial charge in [-0.25, -0.2) is 4.98 Å². The predicted molar refractivity (Wildman–Crippen MR) is 122 cm³/mol. The number of ether oxygens (including phenoxy) is 2. The molecule has 0 aliphatic carbocycles. The summed E-state index contributed by atoms with van der Waals surface area (Å²) in [6, 6.07) is 4.70. The van der Waals surface area contributed by atoms with Crippen molar-refractivity contribution in [1.29, 1.82) is 0 Å². The maximum Gasteiger partial charge on any atom is 0.422 e. The van der Waals surface area contributed by atoms with Crippen molar-refractivity contribution in [3.05, 3.63) is 41.6 Å². The molecule has 0 radical (unpaired) electrons. The van der Waals surface area contributed by atoms with Gasteiger partial charge in [0.15, 0.2) is 24.1 Å². The van der Waals surface area contributed by atoms with Gasteiger partial charge in [-0.2, -0.15) is 13.2 Å². The maximum absolute atomic E-state index is 12.4. The van der Waals surface area contributed by atoms with Crippen molar-refractivity contribution in [3.63, 3.8) is 0 Å². The number of halogens is 4. The van der Waals surface area contributed by atoms with Crippen molar-refractivity contribution in [3.8, 4) is 11.5 Å². The SMILES string of the molecule is CN=C(NCc1ccc(OCC(F)(F)F)c(OC)c1)NCc1ncc(C(C)(C)C)o1.I. The highest BCUT2D eigenvalue weighted by molar-refractivity contribution is 14.0. The Bertz CT molecular complexity index is 864. The van der Waals surface area contributed by atoms with Gasteiger partial charge >= 0.3 is 6.18 Å². The summed E-state index contributed by atoms with van der Waals surface area (Å²) >= 11 is 0. The number of nitrogens with one attached hydrogen (secondary N) is 2. The Kier molecular flexibility index (Phi) is 9.91. The van der Waals surface area contributed by atoms with Gasteiger partial charge in [0, 0.05) is 19.0 Å². The van der Waals surface area contributed by atoms with Gasteiger partial charge in [0.05, 0.1) is 19.9 Å². The van der Waals surface area contributed by atoms with Crippen molar-refractivity contribution >= 4 is 29.9 Å². The van der Waals surface area contributed by atoms with Gasteiger partial charge in [0.2, 0.25) is 5.89 Å². The third kappa shape index (κ3) is 8.83. The van der Waals surface area contributed by atoms with Gasteiger partial charge in [-0.05, 0) is 17.7 Å². The van der Waals surface area contributed by atoms with E-state index in [2.05, 4.69) is 20.6 Å².